The molecule has 1 aromatic carbocycles. The number of rotatable bonds is 9. The summed E-state index contributed by atoms with van der Waals surface area (Å²) in [6, 6.07) is 7.49. The first-order valence-electron chi connectivity index (χ1n) is 10.8. The van der Waals surface area contributed by atoms with E-state index >= 15 is 0 Å². The molecule has 35 heavy (non-hydrogen) atoms. The molecule has 0 aliphatic carbocycles. The summed E-state index contributed by atoms with van der Waals surface area (Å²) in [5.41, 5.74) is 0.821. The van der Waals surface area contributed by atoms with Gasteiger partial charge < -0.3 is 28.9 Å². The average Bonchev–Trinajstić information content (AvgIpc) is 3.54. The van der Waals surface area contributed by atoms with Crippen LogP contribution in [0.3, 0.4) is 0 Å². The lowest BCUT2D eigenvalue weighted by Crippen LogP contribution is -2.47. The van der Waals surface area contributed by atoms with Gasteiger partial charge in [0.15, 0.2) is 11.7 Å². The van der Waals surface area contributed by atoms with Crippen molar-refractivity contribution in [2.24, 2.45) is 0 Å². The molecule has 0 saturated carbocycles. The minimum absolute atomic E-state index is 0.0563. The van der Waals surface area contributed by atoms with Gasteiger partial charge in [0.05, 0.1) is 36.8 Å². The van der Waals surface area contributed by atoms with Crippen molar-refractivity contribution in [3.63, 3.8) is 0 Å². The number of halogens is 1. The number of hydrogen-bond donors (Lipinski definition) is 2. The van der Waals surface area contributed by atoms with E-state index in [0.717, 1.165) is 0 Å². The zero-order chi connectivity index (χ0) is 24.8. The molecule has 1 unspecified atom stereocenters. The molecule has 11 heteroatoms. The van der Waals surface area contributed by atoms with Gasteiger partial charge in [-0.25, -0.2) is 19.0 Å². The SMILES string of the molecule is CCOC(=O)C1=C(COC(=O)CCc2ncc(-c3ccc(F)cc3)o2)NC(=O)NC1c1ccco1. The molecule has 1 aliphatic heterocycles. The first-order valence-corrected chi connectivity index (χ1v) is 10.8. The van der Waals surface area contributed by atoms with Crippen LogP contribution >= 0.6 is 0 Å². The van der Waals surface area contributed by atoms with E-state index in [9.17, 15) is 18.8 Å². The molecule has 1 atom stereocenters. The van der Waals surface area contributed by atoms with Gasteiger partial charge in [0, 0.05) is 12.0 Å². The van der Waals surface area contributed by atoms with Gasteiger partial charge in [0.1, 0.15) is 24.2 Å². The Morgan fingerprint density at radius 1 is 1.17 bits per heavy atom. The van der Waals surface area contributed by atoms with Crippen molar-refractivity contribution in [1.82, 2.24) is 15.6 Å². The number of benzene rings is 1. The van der Waals surface area contributed by atoms with E-state index in [0.29, 0.717) is 23.0 Å². The molecule has 2 amide bonds. The molecular formula is C24H22FN3O7. The normalized spacial score (nSPS) is 15.4. The molecule has 0 radical (unpaired) electrons. The Balaban J connectivity index is 1.40. The molecule has 0 saturated heterocycles. The van der Waals surface area contributed by atoms with Gasteiger partial charge in [-0.05, 0) is 43.3 Å². The van der Waals surface area contributed by atoms with Gasteiger partial charge in [0.25, 0.3) is 0 Å². The van der Waals surface area contributed by atoms with E-state index in [1.807, 2.05) is 0 Å². The van der Waals surface area contributed by atoms with E-state index in [1.165, 1.54) is 24.6 Å². The smallest absolute Gasteiger partial charge is 0.338 e. The van der Waals surface area contributed by atoms with E-state index in [-0.39, 0.29) is 43.1 Å². The first kappa shape index (κ1) is 23.7. The quantitative estimate of drug-likeness (QED) is 0.443. The van der Waals surface area contributed by atoms with Crippen LogP contribution in [0, 0.1) is 5.82 Å². The number of nitrogens with one attached hydrogen (secondary N) is 2. The summed E-state index contributed by atoms with van der Waals surface area (Å²) < 4.78 is 34.5. The second-order valence-electron chi connectivity index (χ2n) is 7.45. The minimum atomic E-state index is -0.899. The van der Waals surface area contributed by atoms with Gasteiger partial charge in [0.2, 0.25) is 0 Å². The number of esters is 2. The summed E-state index contributed by atoms with van der Waals surface area (Å²) in [7, 11) is 0. The lowest BCUT2D eigenvalue weighted by Gasteiger charge is -2.27. The van der Waals surface area contributed by atoms with Crippen LogP contribution < -0.4 is 10.6 Å². The molecule has 2 N–H and O–H groups in total. The minimum Gasteiger partial charge on any atom is -0.467 e. The zero-order valence-electron chi connectivity index (χ0n) is 18.7. The summed E-state index contributed by atoms with van der Waals surface area (Å²) in [5.74, 6) is -0.560. The van der Waals surface area contributed by atoms with E-state index in [2.05, 4.69) is 15.6 Å². The molecule has 0 spiro atoms. The van der Waals surface area contributed by atoms with Gasteiger partial charge in [-0.15, -0.1) is 0 Å². The topological polar surface area (TPSA) is 133 Å². The number of aryl methyl sites for hydroxylation is 1. The molecule has 10 nitrogen and oxygen atoms in total. The predicted molar refractivity (Wildman–Crippen MR) is 118 cm³/mol. The van der Waals surface area contributed by atoms with E-state index in [1.54, 1.807) is 31.2 Å². The monoisotopic (exact) mass is 483 g/mol. The summed E-state index contributed by atoms with van der Waals surface area (Å²) in [4.78, 5) is 41.3. The van der Waals surface area contributed by atoms with Crippen LogP contribution in [-0.2, 0) is 25.5 Å². The maximum atomic E-state index is 13.1. The Labute approximate surface area is 199 Å². The molecular weight excluding hydrogens is 461 g/mol. The number of oxazole rings is 1. The largest absolute Gasteiger partial charge is 0.467 e. The Kier molecular flexibility index (Phi) is 7.24. The number of aromatic nitrogens is 1. The van der Waals surface area contributed by atoms with Crippen LogP contribution in [0.1, 0.15) is 31.0 Å². The number of furan rings is 1. The predicted octanol–water partition coefficient (Wildman–Crippen LogP) is 3.42. The van der Waals surface area contributed by atoms with Crippen molar-refractivity contribution in [2.45, 2.75) is 25.8 Å². The number of nitrogens with zero attached hydrogens (tertiary/aromatic N) is 1. The summed E-state index contributed by atoms with van der Waals surface area (Å²) in [5, 5.41) is 5.11. The van der Waals surface area contributed by atoms with Crippen molar-refractivity contribution in [1.29, 1.82) is 0 Å². The van der Waals surface area contributed by atoms with Gasteiger partial charge >= 0.3 is 18.0 Å². The zero-order valence-corrected chi connectivity index (χ0v) is 18.7. The lowest BCUT2D eigenvalue weighted by atomic mass is 10.0. The molecule has 1 aliphatic rings. The number of amides is 2. The Morgan fingerprint density at radius 3 is 2.69 bits per heavy atom. The fraction of sp³-hybridized carbons (Fsp3) is 0.250. The maximum absolute atomic E-state index is 13.1. The third kappa shape index (κ3) is 5.75. The number of carbonyl (C=O) groups excluding carboxylic acids is 3. The molecule has 4 rings (SSSR count). The van der Waals surface area contributed by atoms with Gasteiger partial charge in [-0.1, -0.05) is 0 Å². The molecule has 3 heterocycles. The Bertz CT molecular complexity index is 1230. The van der Waals surface area contributed by atoms with Crippen molar-refractivity contribution in [3.8, 4) is 11.3 Å². The van der Waals surface area contributed by atoms with Crippen LogP contribution in [-0.4, -0.2) is 36.2 Å². The highest BCUT2D eigenvalue weighted by Crippen LogP contribution is 2.28. The molecule has 182 valence electrons. The van der Waals surface area contributed by atoms with Gasteiger partial charge in [-0.2, -0.15) is 0 Å². The average molecular weight is 483 g/mol. The first-order chi connectivity index (χ1) is 16.9. The summed E-state index contributed by atoms with van der Waals surface area (Å²) >= 11 is 0. The van der Waals surface area contributed by atoms with Crippen molar-refractivity contribution >= 4 is 18.0 Å². The Hall–Kier alpha value is -4.41. The highest BCUT2D eigenvalue weighted by Gasteiger charge is 2.35. The summed E-state index contributed by atoms with van der Waals surface area (Å²) in [6.45, 7) is 1.41. The fourth-order valence-corrected chi connectivity index (χ4v) is 3.46. The lowest BCUT2D eigenvalue weighted by molar-refractivity contribution is -0.143. The van der Waals surface area contributed by atoms with Crippen molar-refractivity contribution in [3.05, 3.63) is 77.6 Å². The highest BCUT2D eigenvalue weighted by molar-refractivity contribution is 5.95. The third-order valence-corrected chi connectivity index (χ3v) is 5.08. The summed E-state index contributed by atoms with van der Waals surface area (Å²) in [6.07, 6.45) is 3.01. The van der Waals surface area contributed by atoms with Crippen LogP contribution in [0.4, 0.5) is 9.18 Å². The number of ether oxygens (including phenoxy) is 2. The third-order valence-electron chi connectivity index (χ3n) is 5.08. The molecule has 0 bridgehead atoms. The van der Waals surface area contributed by atoms with Crippen LogP contribution in [0.2, 0.25) is 0 Å². The fourth-order valence-electron chi connectivity index (χ4n) is 3.46. The van der Waals surface area contributed by atoms with E-state index in [4.69, 9.17) is 18.3 Å². The second kappa shape index (κ2) is 10.7. The Morgan fingerprint density at radius 2 is 1.97 bits per heavy atom. The maximum Gasteiger partial charge on any atom is 0.338 e. The molecule has 2 aromatic heterocycles. The van der Waals surface area contributed by atoms with Crippen LogP contribution in [0.15, 0.2) is 69.0 Å². The van der Waals surface area contributed by atoms with Gasteiger partial charge in [-0.3, -0.25) is 4.79 Å². The van der Waals surface area contributed by atoms with Crippen molar-refractivity contribution in [2.75, 3.05) is 13.2 Å². The second-order valence-corrected chi connectivity index (χ2v) is 7.45. The molecule has 3 aromatic rings. The van der Waals surface area contributed by atoms with Crippen LogP contribution in [0.25, 0.3) is 11.3 Å². The number of hydrogen-bond acceptors (Lipinski definition) is 8. The standard InChI is InChI=1S/C24H22FN3O7/c1-2-32-23(30)21-16(27-24(31)28-22(21)17-4-3-11-33-17)13-34-20(29)10-9-19-26-12-18(35-19)14-5-7-15(25)8-6-14/h3-8,11-12,22H,2,9-10,13H2,1H3,(H2,27,28,31). The highest BCUT2D eigenvalue weighted by atomic mass is 19.1. The molecule has 0 fully saturated rings. The van der Waals surface area contributed by atoms with Crippen LogP contribution in [0.5, 0.6) is 0 Å². The van der Waals surface area contributed by atoms with Crippen molar-refractivity contribution < 1.29 is 37.1 Å². The van der Waals surface area contributed by atoms with E-state index < -0.39 is 24.0 Å². The number of urea groups is 1. The number of carbonyl (C=O) groups is 3.